The van der Waals surface area contributed by atoms with Crippen molar-refractivity contribution in [3.05, 3.63) is 29.8 Å². The Balaban J connectivity index is 1.31. The monoisotopic (exact) mass is 347 g/mol. The Labute approximate surface area is 149 Å². The van der Waals surface area contributed by atoms with Gasteiger partial charge in [0.15, 0.2) is 0 Å². The molecule has 1 aliphatic heterocycles. The number of ether oxygens (including phenoxy) is 1. The Kier molecular flexibility index (Phi) is 6.29. The van der Waals surface area contributed by atoms with E-state index in [0.29, 0.717) is 25.7 Å². The molecule has 1 aliphatic carbocycles. The smallest absolute Gasteiger partial charge is 0.234 e. The largest absolute Gasteiger partial charge is 0.491 e. The molecule has 1 amide bonds. The number of nitrogens with zero attached hydrogens (tertiary/aromatic N) is 2. The van der Waals surface area contributed by atoms with Gasteiger partial charge in [0.05, 0.1) is 6.54 Å². The maximum atomic E-state index is 11.8. The molecule has 1 saturated carbocycles. The van der Waals surface area contributed by atoms with E-state index in [1.54, 1.807) is 0 Å². The maximum Gasteiger partial charge on any atom is 0.234 e. The Bertz CT molecular complexity index is 569. The molecule has 2 fully saturated rings. The highest BCUT2D eigenvalue weighted by molar-refractivity contribution is 5.78. The zero-order chi connectivity index (χ0) is 17.6. The van der Waals surface area contributed by atoms with Crippen LogP contribution in [0.4, 0.5) is 0 Å². The van der Waals surface area contributed by atoms with Gasteiger partial charge in [0, 0.05) is 38.8 Å². The van der Waals surface area contributed by atoms with Crippen molar-refractivity contribution in [3.8, 4) is 5.75 Å². The van der Waals surface area contributed by atoms with Gasteiger partial charge >= 0.3 is 0 Å². The summed E-state index contributed by atoms with van der Waals surface area (Å²) in [5.74, 6) is 0.938. The van der Waals surface area contributed by atoms with Crippen LogP contribution in [0.3, 0.4) is 0 Å². The molecule has 0 aromatic heterocycles. The first kappa shape index (κ1) is 18.2. The Hall–Kier alpha value is -1.63. The number of aliphatic hydroxyl groups excluding tert-OH is 1. The SMILES string of the molecule is Cc1cccc(OCC(O)CN2CCN(CC(=O)NC3CC3)CC2)c1. The minimum atomic E-state index is -0.509. The van der Waals surface area contributed by atoms with Gasteiger partial charge in [0.1, 0.15) is 18.5 Å². The Morgan fingerprint density at radius 2 is 2.00 bits per heavy atom. The van der Waals surface area contributed by atoms with Crippen LogP contribution in [0.5, 0.6) is 5.75 Å². The van der Waals surface area contributed by atoms with Crippen LogP contribution in [0.25, 0.3) is 0 Å². The number of aryl methyl sites for hydroxylation is 1. The number of carbonyl (C=O) groups excluding carboxylic acids is 1. The summed E-state index contributed by atoms with van der Waals surface area (Å²) in [6.07, 6.45) is 1.74. The van der Waals surface area contributed by atoms with Gasteiger partial charge in [-0.2, -0.15) is 0 Å². The Morgan fingerprint density at radius 1 is 1.28 bits per heavy atom. The summed E-state index contributed by atoms with van der Waals surface area (Å²) in [5.41, 5.74) is 1.15. The third-order valence-corrected chi connectivity index (χ3v) is 4.68. The van der Waals surface area contributed by atoms with E-state index in [1.165, 1.54) is 0 Å². The van der Waals surface area contributed by atoms with Crippen LogP contribution in [0.15, 0.2) is 24.3 Å². The molecule has 6 heteroatoms. The van der Waals surface area contributed by atoms with Crippen molar-refractivity contribution in [2.24, 2.45) is 0 Å². The van der Waals surface area contributed by atoms with Crippen molar-refractivity contribution in [1.29, 1.82) is 0 Å². The van der Waals surface area contributed by atoms with E-state index in [0.717, 1.165) is 50.3 Å². The van der Waals surface area contributed by atoms with E-state index in [2.05, 4.69) is 15.1 Å². The summed E-state index contributed by atoms with van der Waals surface area (Å²) in [6.45, 7) is 6.89. The van der Waals surface area contributed by atoms with Gasteiger partial charge in [-0.15, -0.1) is 0 Å². The number of benzene rings is 1. The standard InChI is InChI=1S/C19H29N3O3/c1-15-3-2-4-18(11-15)25-14-17(23)12-21-7-9-22(10-8-21)13-19(24)20-16-5-6-16/h2-4,11,16-17,23H,5-10,12-14H2,1H3,(H,20,24). The van der Waals surface area contributed by atoms with Crippen molar-refractivity contribution in [2.75, 3.05) is 45.9 Å². The molecule has 1 unspecified atom stereocenters. The zero-order valence-corrected chi connectivity index (χ0v) is 15.0. The van der Waals surface area contributed by atoms with Crippen molar-refractivity contribution in [3.63, 3.8) is 0 Å². The van der Waals surface area contributed by atoms with Crippen LogP contribution in [0.2, 0.25) is 0 Å². The topological polar surface area (TPSA) is 65.0 Å². The molecule has 2 N–H and O–H groups in total. The zero-order valence-electron chi connectivity index (χ0n) is 15.0. The quantitative estimate of drug-likeness (QED) is 0.722. The summed E-state index contributed by atoms with van der Waals surface area (Å²) in [4.78, 5) is 16.3. The lowest BCUT2D eigenvalue weighted by molar-refractivity contribution is -0.122. The fourth-order valence-electron chi connectivity index (χ4n) is 3.08. The van der Waals surface area contributed by atoms with Gasteiger partial charge in [0.25, 0.3) is 0 Å². The number of aliphatic hydroxyl groups is 1. The second-order valence-corrected chi connectivity index (χ2v) is 7.20. The van der Waals surface area contributed by atoms with Crippen LogP contribution in [-0.2, 0) is 4.79 Å². The molecule has 1 atom stereocenters. The second-order valence-electron chi connectivity index (χ2n) is 7.20. The minimum Gasteiger partial charge on any atom is -0.491 e. The van der Waals surface area contributed by atoms with Crippen molar-refractivity contribution in [2.45, 2.75) is 31.9 Å². The van der Waals surface area contributed by atoms with Gasteiger partial charge in [-0.25, -0.2) is 0 Å². The average Bonchev–Trinajstić information content (AvgIpc) is 3.39. The Morgan fingerprint density at radius 3 is 2.68 bits per heavy atom. The molecule has 0 bridgehead atoms. The van der Waals surface area contributed by atoms with Gasteiger partial charge in [0.2, 0.25) is 5.91 Å². The molecule has 0 radical (unpaired) electrons. The third-order valence-electron chi connectivity index (χ3n) is 4.68. The highest BCUT2D eigenvalue weighted by Crippen LogP contribution is 2.18. The summed E-state index contributed by atoms with van der Waals surface area (Å²) in [7, 11) is 0. The van der Waals surface area contributed by atoms with Crippen molar-refractivity contribution >= 4 is 5.91 Å². The second kappa shape index (κ2) is 8.65. The predicted molar refractivity (Wildman–Crippen MR) is 96.7 cm³/mol. The normalized spacial score (nSPS) is 20.2. The van der Waals surface area contributed by atoms with Crippen LogP contribution < -0.4 is 10.1 Å². The lowest BCUT2D eigenvalue weighted by Gasteiger charge is -2.35. The van der Waals surface area contributed by atoms with E-state index in [4.69, 9.17) is 4.74 Å². The number of piperazine rings is 1. The van der Waals surface area contributed by atoms with E-state index < -0.39 is 6.10 Å². The predicted octanol–water partition coefficient (Wildman–Crippen LogP) is 0.631. The first-order chi connectivity index (χ1) is 12.1. The van der Waals surface area contributed by atoms with Crippen LogP contribution in [-0.4, -0.2) is 78.8 Å². The van der Waals surface area contributed by atoms with Gasteiger partial charge < -0.3 is 15.2 Å². The molecule has 1 heterocycles. The number of β-amino-alcohol motifs (C(OH)–C–C–N with tert-alkyl or cyclic N) is 1. The van der Waals surface area contributed by atoms with Gasteiger partial charge in [-0.3, -0.25) is 14.6 Å². The minimum absolute atomic E-state index is 0.141. The molecule has 1 aromatic rings. The molecule has 1 aromatic carbocycles. The molecule has 138 valence electrons. The number of hydrogen-bond acceptors (Lipinski definition) is 5. The highest BCUT2D eigenvalue weighted by Gasteiger charge is 2.25. The summed E-state index contributed by atoms with van der Waals surface area (Å²) in [6, 6.07) is 8.28. The molecule has 1 saturated heterocycles. The molecule has 3 rings (SSSR count). The first-order valence-corrected chi connectivity index (χ1v) is 9.20. The first-order valence-electron chi connectivity index (χ1n) is 9.20. The molecule has 6 nitrogen and oxygen atoms in total. The van der Waals surface area contributed by atoms with Gasteiger partial charge in [-0.1, -0.05) is 12.1 Å². The lowest BCUT2D eigenvalue weighted by Crippen LogP contribution is -2.51. The lowest BCUT2D eigenvalue weighted by atomic mass is 10.2. The van der Waals surface area contributed by atoms with E-state index in [1.807, 2.05) is 31.2 Å². The summed E-state index contributed by atoms with van der Waals surface area (Å²) >= 11 is 0. The number of amides is 1. The number of carbonyl (C=O) groups is 1. The van der Waals surface area contributed by atoms with Crippen LogP contribution in [0, 0.1) is 6.92 Å². The van der Waals surface area contributed by atoms with E-state index in [9.17, 15) is 9.90 Å². The summed E-state index contributed by atoms with van der Waals surface area (Å²) in [5, 5.41) is 13.2. The fraction of sp³-hybridized carbons (Fsp3) is 0.632. The molecular formula is C19H29N3O3. The fourth-order valence-corrected chi connectivity index (χ4v) is 3.08. The molecule has 25 heavy (non-hydrogen) atoms. The van der Waals surface area contributed by atoms with Crippen LogP contribution >= 0.6 is 0 Å². The van der Waals surface area contributed by atoms with E-state index >= 15 is 0 Å². The summed E-state index contributed by atoms with van der Waals surface area (Å²) < 4.78 is 5.67. The number of nitrogens with one attached hydrogen (secondary N) is 1. The number of rotatable bonds is 8. The van der Waals surface area contributed by atoms with E-state index in [-0.39, 0.29) is 5.91 Å². The van der Waals surface area contributed by atoms with Crippen molar-refractivity contribution in [1.82, 2.24) is 15.1 Å². The van der Waals surface area contributed by atoms with Gasteiger partial charge in [-0.05, 0) is 37.5 Å². The van der Waals surface area contributed by atoms with Crippen LogP contribution in [0.1, 0.15) is 18.4 Å². The molecular weight excluding hydrogens is 318 g/mol. The third kappa shape index (κ3) is 6.30. The molecule has 0 spiro atoms. The molecule has 2 aliphatic rings. The number of hydrogen-bond donors (Lipinski definition) is 2. The average molecular weight is 347 g/mol. The maximum absolute atomic E-state index is 11.8. The highest BCUT2D eigenvalue weighted by atomic mass is 16.5. The van der Waals surface area contributed by atoms with Crippen molar-refractivity contribution < 1.29 is 14.6 Å².